The lowest BCUT2D eigenvalue weighted by molar-refractivity contribution is 0.0922. The molecule has 0 spiro atoms. The van der Waals surface area contributed by atoms with Crippen LogP contribution in [0.25, 0.3) is 11.3 Å². The molecule has 4 rings (SSSR count). The maximum absolute atomic E-state index is 13.1. The van der Waals surface area contributed by atoms with Crippen molar-refractivity contribution in [2.24, 2.45) is 5.92 Å². The molecule has 0 saturated heterocycles. The fraction of sp³-hybridized carbons (Fsp3) is 0.273. The summed E-state index contributed by atoms with van der Waals surface area (Å²) in [6.45, 7) is 0. The van der Waals surface area contributed by atoms with Crippen molar-refractivity contribution in [2.75, 3.05) is 0 Å². The number of hydrogen-bond acceptors (Lipinski definition) is 3. The number of phenols is 1. The van der Waals surface area contributed by atoms with E-state index in [0.29, 0.717) is 22.9 Å². The van der Waals surface area contributed by atoms with Gasteiger partial charge >= 0.3 is 0 Å². The topological polar surface area (TPSA) is 78.0 Å². The Balaban J connectivity index is 1.43. The van der Waals surface area contributed by atoms with Crippen LogP contribution in [-0.2, 0) is 6.42 Å². The van der Waals surface area contributed by atoms with Crippen LogP contribution in [-0.4, -0.2) is 27.3 Å². The normalized spacial score (nSPS) is 18.9. The van der Waals surface area contributed by atoms with Gasteiger partial charge < -0.3 is 10.4 Å². The molecule has 1 amide bonds. The van der Waals surface area contributed by atoms with Gasteiger partial charge in [0.25, 0.3) is 5.91 Å². The van der Waals surface area contributed by atoms with Crippen molar-refractivity contribution in [1.29, 1.82) is 0 Å². The highest BCUT2D eigenvalue weighted by Crippen LogP contribution is 2.30. The predicted molar refractivity (Wildman–Crippen MR) is 104 cm³/mol. The molecule has 28 heavy (non-hydrogen) atoms. The summed E-state index contributed by atoms with van der Waals surface area (Å²) < 4.78 is 13.1. The predicted octanol–water partition coefficient (Wildman–Crippen LogP) is 4.06. The largest absolute Gasteiger partial charge is 0.507 e. The summed E-state index contributed by atoms with van der Waals surface area (Å²) in [5.74, 6) is 0.00999. The van der Waals surface area contributed by atoms with Crippen LogP contribution in [0.3, 0.4) is 0 Å². The smallest absolute Gasteiger partial charge is 0.269 e. The van der Waals surface area contributed by atoms with E-state index in [-0.39, 0.29) is 23.5 Å². The van der Waals surface area contributed by atoms with Crippen molar-refractivity contribution in [3.63, 3.8) is 0 Å². The molecule has 6 heteroatoms. The maximum Gasteiger partial charge on any atom is 0.269 e. The molecule has 2 atom stereocenters. The first kappa shape index (κ1) is 18.2. The molecule has 3 aromatic rings. The summed E-state index contributed by atoms with van der Waals surface area (Å²) in [7, 11) is 0. The Labute approximate surface area is 162 Å². The number of H-pyrrole nitrogens is 1. The quantitative estimate of drug-likeness (QED) is 0.625. The Bertz CT molecular complexity index is 968. The Morgan fingerprint density at radius 2 is 1.96 bits per heavy atom. The summed E-state index contributed by atoms with van der Waals surface area (Å²) in [4.78, 5) is 12.7. The molecule has 1 aliphatic carbocycles. The van der Waals surface area contributed by atoms with Crippen LogP contribution in [0.1, 0.15) is 35.3 Å². The second-order valence-electron chi connectivity index (χ2n) is 7.29. The molecular formula is C22H22FN3O2. The fourth-order valence-corrected chi connectivity index (χ4v) is 3.91. The monoisotopic (exact) mass is 379 g/mol. The summed E-state index contributed by atoms with van der Waals surface area (Å²) in [6, 6.07) is 15.2. The molecule has 3 N–H and O–H groups in total. The van der Waals surface area contributed by atoms with Crippen LogP contribution in [0.4, 0.5) is 4.39 Å². The van der Waals surface area contributed by atoms with E-state index in [4.69, 9.17) is 0 Å². The number of hydrogen-bond donors (Lipinski definition) is 3. The third-order valence-electron chi connectivity index (χ3n) is 5.39. The number of para-hydroxylation sites is 1. The van der Waals surface area contributed by atoms with Gasteiger partial charge in [-0.3, -0.25) is 9.89 Å². The zero-order valence-electron chi connectivity index (χ0n) is 15.4. The second kappa shape index (κ2) is 7.84. The average molecular weight is 379 g/mol. The van der Waals surface area contributed by atoms with Crippen LogP contribution in [0.5, 0.6) is 5.75 Å². The zero-order valence-corrected chi connectivity index (χ0v) is 15.4. The molecule has 0 aliphatic heterocycles. The minimum Gasteiger partial charge on any atom is -0.507 e. The molecule has 0 unspecified atom stereocenters. The zero-order chi connectivity index (χ0) is 19.5. The molecule has 5 nitrogen and oxygen atoms in total. The van der Waals surface area contributed by atoms with E-state index in [0.717, 1.165) is 31.2 Å². The van der Waals surface area contributed by atoms with Crippen molar-refractivity contribution in [2.45, 2.75) is 31.7 Å². The van der Waals surface area contributed by atoms with Crippen molar-refractivity contribution < 1.29 is 14.3 Å². The van der Waals surface area contributed by atoms with E-state index < -0.39 is 0 Å². The molecule has 2 aromatic carbocycles. The van der Waals surface area contributed by atoms with E-state index in [1.165, 1.54) is 12.1 Å². The fourth-order valence-electron chi connectivity index (χ4n) is 3.91. The first-order valence-electron chi connectivity index (χ1n) is 9.49. The average Bonchev–Trinajstić information content (AvgIpc) is 3.34. The highest BCUT2D eigenvalue weighted by molar-refractivity contribution is 5.93. The molecule has 144 valence electrons. The summed E-state index contributed by atoms with van der Waals surface area (Å²) in [6.07, 6.45) is 3.84. The third kappa shape index (κ3) is 3.91. The van der Waals surface area contributed by atoms with Gasteiger partial charge in [-0.05, 0) is 61.1 Å². The summed E-state index contributed by atoms with van der Waals surface area (Å²) in [5.41, 5.74) is 2.55. The van der Waals surface area contributed by atoms with Gasteiger partial charge in [0.15, 0.2) is 0 Å². The molecule has 1 aromatic heterocycles. The highest BCUT2D eigenvalue weighted by Gasteiger charge is 2.29. The maximum atomic E-state index is 13.1. The van der Waals surface area contributed by atoms with Crippen molar-refractivity contribution in [3.05, 3.63) is 71.7 Å². The lowest BCUT2D eigenvalue weighted by atomic mass is 9.94. The number of aromatic amines is 1. The van der Waals surface area contributed by atoms with Crippen molar-refractivity contribution in [3.8, 4) is 17.0 Å². The number of phenolic OH excluding ortho intramolecular Hbond substituents is 1. The number of rotatable bonds is 5. The number of amides is 1. The number of aromatic hydroxyl groups is 1. The van der Waals surface area contributed by atoms with Crippen LogP contribution < -0.4 is 5.32 Å². The van der Waals surface area contributed by atoms with E-state index in [1.807, 2.05) is 6.07 Å². The minimum atomic E-state index is -0.237. The molecule has 1 fully saturated rings. The molecule has 0 bridgehead atoms. The van der Waals surface area contributed by atoms with Gasteiger partial charge in [-0.1, -0.05) is 30.7 Å². The molecule has 1 aliphatic rings. The van der Waals surface area contributed by atoms with Crippen LogP contribution in [0.15, 0.2) is 54.6 Å². The Kier molecular flexibility index (Phi) is 5.10. The number of carbonyl (C=O) groups is 1. The second-order valence-corrected chi connectivity index (χ2v) is 7.29. The first-order chi connectivity index (χ1) is 13.6. The van der Waals surface area contributed by atoms with E-state index in [9.17, 15) is 14.3 Å². The van der Waals surface area contributed by atoms with Gasteiger partial charge in [-0.15, -0.1) is 0 Å². The number of benzene rings is 2. The number of nitrogens with one attached hydrogen (secondary N) is 2. The number of halogens is 1. The van der Waals surface area contributed by atoms with Gasteiger partial charge in [0.1, 0.15) is 17.3 Å². The molecular weight excluding hydrogens is 357 g/mol. The van der Waals surface area contributed by atoms with E-state index in [1.54, 1.807) is 36.4 Å². The van der Waals surface area contributed by atoms with E-state index >= 15 is 0 Å². The van der Waals surface area contributed by atoms with Gasteiger partial charge in [-0.2, -0.15) is 5.10 Å². The van der Waals surface area contributed by atoms with Gasteiger partial charge in [0, 0.05) is 11.6 Å². The number of aromatic nitrogens is 2. The summed E-state index contributed by atoms with van der Waals surface area (Å²) in [5, 5.41) is 20.0. The lowest BCUT2D eigenvalue weighted by Crippen LogP contribution is -2.38. The SMILES string of the molecule is O=C(N[C@H]1CCC[C@H]1Cc1ccc(F)cc1)c1cc(-c2ccccc2O)n[nH]1. The molecule has 1 heterocycles. The van der Waals surface area contributed by atoms with Gasteiger partial charge in [0.05, 0.1) is 5.69 Å². The molecule has 1 saturated carbocycles. The van der Waals surface area contributed by atoms with Crippen molar-refractivity contribution >= 4 is 5.91 Å². The number of nitrogens with zero attached hydrogens (tertiary/aromatic N) is 1. The number of carbonyl (C=O) groups excluding carboxylic acids is 1. The van der Waals surface area contributed by atoms with Crippen molar-refractivity contribution in [1.82, 2.24) is 15.5 Å². The highest BCUT2D eigenvalue weighted by atomic mass is 19.1. The standard InChI is InChI=1S/C22H22FN3O2/c23-16-10-8-14(9-11-16)12-15-4-3-6-18(15)24-22(28)20-13-19(25-26-20)17-5-1-2-7-21(17)27/h1-2,5,7-11,13,15,18,27H,3-4,6,12H2,(H,24,28)(H,25,26)/t15-,18-/m0/s1. The van der Waals surface area contributed by atoms with Crippen LogP contribution in [0.2, 0.25) is 0 Å². The third-order valence-corrected chi connectivity index (χ3v) is 5.39. The first-order valence-corrected chi connectivity index (χ1v) is 9.49. The van der Waals surface area contributed by atoms with Crippen LogP contribution in [0, 0.1) is 11.7 Å². The Morgan fingerprint density at radius 1 is 1.18 bits per heavy atom. The lowest BCUT2D eigenvalue weighted by Gasteiger charge is -2.20. The minimum absolute atomic E-state index is 0.0782. The van der Waals surface area contributed by atoms with Crippen LogP contribution >= 0.6 is 0 Å². The van der Waals surface area contributed by atoms with Gasteiger partial charge in [-0.25, -0.2) is 4.39 Å². The Morgan fingerprint density at radius 3 is 2.75 bits per heavy atom. The molecule has 0 radical (unpaired) electrons. The van der Waals surface area contributed by atoms with E-state index in [2.05, 4.69) is 15.5 Å². The summed E-state index contributed by atoms with van der Waals surface area (Å²) >= 11 is 0. The van der Waals surface area contributed by atoms with Gasteiger partial charge in [0.2, 0.25) is 0 Å². The Hall–Kier alpha value is -3.15.